The van der Waals surface area contributed by atoms with Crippen molar-refractivity contribution in [3.8, 4) is 0 Å². The van der Waals surface area contributed by atoms with E-state index >= 15 is 0 Å². The van der Waals surface area contributed by atoms with E-state index < -0.39 is 12.0 Å². The molecule has 1 aromatic rings. The molecule has 18 heavy (non-hydrogen) atoms. The van der Waals surface area contributed by atoms with E-state index in [1.54, 1.807) is 0 Å². The van der Waals surface area contributed by atoms with Gasteiger partial charge in [0.15, 0.2) is 5.11 Å². The van der Waals surface area contributed by atoms with Crippen LogP contribution in [0.1, 0.15) is 12.0 Å². The summed E-state index contributed by atoms with van der Waals surface area (Å²) < 4.78 is 0. The zero-order valence-corrected chi connectivity index (χ0v) is 10.3. The maximum Gasteiger partial charge on any atom is 0.305 e. The van der Waals surface area contributed by atoms with Crippen LogP contribution in [0.5, 0.6) is 0 Å². The van der Waals surface area contributed by atoms with Crippen LogP contribution in [-0.2, 0) is 16.1 Å². The van der Waals surface area contributed by atoms with Gasteiger partial charge in [0.2, 0.25) is 0 Å². The number of carbonyl (C=O) groups excluding carboxylic acids is 1. The molecule has 0 radical (unpaired) electrons. The lowest BCUT2D eigenvalue weighted by Crippen LogP contribution is -2.32. The fraction of sp³-hybridized carbons (Fsp3) is 0.250. The second kappa shape index (κ2) is 5.14. The van der Waals surface area contributed by atoms with Crippen molar-refractivity contribution in [2.75, 3.05) is 0 Å². The van der Waals surface area contributed by atoms with Gasteiger partial charge in [0.05, 0.1) is 13.0 Å². The summed E-state index contributed by atoms with van der Waals surface area (Å²) >= 11 is 5.05. The predicted molar refractivity (Wildman–Crippen MR) is 68.8 cm³/mol. The summed E-state index contributed by atoms with van der Waals surface area (Å²) in [6, 6.07) is 8.67. The molecule has 0 aliphatic carbocycles. The Morgan fingerprint density at radius 1 is 1.39 bits per heavy atom. The monoisotopic (exact) mass is 264 g/mol. The molecule has 1 fully saturated rings. The van der Waals surface area contributed by atoms with Crippen molar-refractivity contribution in [3.63, 3.8) is 0 Å². The number of thiocarbonyl (C=S) groups is 1. The Morgan fingerprint density at radius 3 is 2.67 bits per heavy atom. The summed E-state index contributed by atoms with van der Waals surface area (Å²) in [5.41, 5.74) is 0.950. The van der Waals surface area contributed by atoms with Gasteiger partial charge in [0, 0.05) is 0 Å². The summed E-state index contributed by atoms with van der Waals surface area (Å²) in [6.07, 6.45) is -0.260. The van der Waals surface area contributed by atoms with Crippen molar-refractivity contribution >= 4 is 29.2 Å². The molecule has 1 aliphatic rings. The molecule has 0 spiro atoms. The molecule has 1 atom stereocenters. The van der Waals surface area contributed by atoms with Crippen LogP contribution in [0.25, 0.3) is 0 Å². The Kier molecular flexibility index (Phi) is 3.57. The SMILES string of the molecule is O=C(O)C[C@@H]1NC(=S)N(Cc2ccccc2)C1=O. The van der Waals surface area contributed by atoms with Crippen LogP contribution in [0.2, 0.25) is 0 Å². The highest BCUT2D eigenvalue weighted by Gasteiger charge is 2.36. The number of rotatable bonds is 4. The van der Waals surface area contributed by atoms with Gasteiger partial charge < -0.3 is 10.4 Å². The van der Waals surface area contributed by atoms with Crippen LogP contribution >= 0.6 is 12.2 Å². The minimum absolute atomic E-state index is 0.260. The first-order valence-electron chi connectivity index (χ1n) is 5.45. The van der Waals surface area contributed by atoms with E-state index in [0.29, 0.717) is 6.54 Å². The largest absolute Gasteiger partial charge is 0.481 e. The molecule has 2 N–H and O–H groups in total. The molecule has 5 nitrogen and oxygen atoms in total. The molecule has 2 rings (SSSR count). The molecule has 6 heteroatoms. The molecule has 0 bridgehead atoms. The van der Waals surface area contributed by atoms with Gasteiger partial charge in [-0.25, -0.2) is 0 Å². The van der Waals surface area contributed by atoms with Crippen LogP contribution in [-0.4, -0.2) is 33.0 Å². The Bertz CT molecular complexity index is 489. The van der Waals surface area contributed by atoms with E-state index in [4.69, 9.17) is 17.3 Å². The maximum absolute atomic E-state index is 12.0. The van der Waals surface area contributed by atoms with E-state index in [9.17, 15) is 9.59 Å². The number of benzene rings is 1. The minimum Gasteiger partial charge on any atom is -0.481 e. The number of nitrogens with zero attached hydrogens (tertiary/aromatic N) is 1. The summed E-state index contributed by atoms with van der Waals surface area (Å²) in [7, 11) is 0. The maximum atomic E-state index is 12.0. The highest BCUT2D eigenvalue weighted by molar-refractivity contribution is 7.80. The zero-order valence-electron chi connectivity index (χ0n) is 9.50. The zero-order chi connectivity index (χ0) is 13.1. The molecule has 0 unspecified atom stereocenters. The highest BCUT2D eigenvalue weighted by atomic mass is 32.1. The van der Waals surface area contributed by atoms with Crippen LogP contribution in [0, 0.1) is 0 Å². The molecular formula is C12H12N2O3S. The first-order chi connectivity index (χ1) is 8.58. The van der Waals surface area contributed by atoms with E-state index in [2.05, 4.69) is 5.32 Å². The van der Waals surface area contributed by atoms with Gasteiger partial charge in [-0.1, -0.05) is 30.3 Å². The van der Waals surface area contributed by atoms with Gasteiger partial charge >= 0.3 is 5.97 Å². The molecule has 0 aromatic heterocycles. The van der Waals surface area contributed by atoms with Crippen LogP contribution in [0.15, 0.2) is 30.3 Å². The Balaban J connectivity index is 2.08. The number of carboxylic acids is 1. The first kappa shape index (κ1) is 12.5. The first-order valence-corrected chi connectivity index (χ1v) is 5.86. The van der Waals surface area contributed by atoms with Crippen molar-refractivity contribution < 1.29 is 14.7 Å². The average molecular weight is 264 g/mol. The number of carboxylic acid groups (broad SMARTS) is 1. The standard InChI is InChI=1S/C12H12N2O3S/c15-10(16)6-9-11(17)14(12(18)13-9)7-8-4-2-1-3-5-8/h1-5,9H,6-7H2,(H,13,18)(H,15,16)/t9-/m0/s1. The van der Waals surface area contributed by atoms with E-state index in [-0.39, 0.29) is 17.4 Å². The van der Waals surface area contributed by atoms with Crippen molar-refractivity contribution in [3.05, 3.63) is 35.9 Å². The van der Waals surface area contributed by atoms with Crippen molar-refractivity contribution in [2.45, 2.75) is 19.0 Å². The van der Waals surface area contributed by atoms with Crippen LogP contribution in [0.4, 0.5) is 0 Å². The summed E-state index contributed by atoms with van der Waals surface area (Å²) in [5.74, 6) is -1.31. The van der Waals surface area contributed by atoms with Crippen molar-refractivity contribution in [2.24, 2.45) is 0 Å². The second-order valence-corrected chi connectivity index (χ2v) is 4.40. The molecule has 0 saturated carbocycles. The lowest BCUT2D eigenvalue weighted by molar-refractivity contribution is -0.140. The normalized spacial score (nSPS) is 18.9. The molecule has 94 valence electrons. The van der Waals surface area contributed by atoms with E-state index in [1.165, 1.54) is 4.90 Å². The molecule has 1 amide bonds. The van der Waals surface area contributed by atoms with Crippen LogP contribution < -0.4 is 5.32 Å². The third kappa shape index (κ3) is 2.65. The molecule has 1 heterocycles. The quantitative estimate of drug-likeness (QED) is 0.785. The highest BCUT2D eigenvalue weighted by Crippen LogP contribution is 2.14. The molecule has 1 aliphatic heterocycles. The van der Waals surface area contributed by atoms with Gasteiger partial charge in [-0.05, 0) is 17.8 Å². The molecule has 1 aromatic carbocycles. The van der Waals surface area contributed by atoms with Gasteiger partial charge in [-0.2, -0.15) is 0 Å². The fourth-order valence-electron chi connectivity index (χ4n) is 1.81. The van der Waals surface area contributed by atoms with Crippen molar-refractivity contribution in [1.29, 1.82) is 0 Å². The fourth-order valence-corrected chi connectivity index (χ4v) is 2.10. The smallest absolute Gasteiger partial charge is 0.305 e. The topological polar surface area (TPSA) is 69.6 Å². The minimum atomic E-state index is -1.02. The van der Waals surface area contributed by atoms with Gasteiger partial charge in [-0.3, -0.25) is 14.5 Å². The molecular weight excluding hydrogens is 252 g/mol. The molecule has 1 saturated heterocycles. The predicted octanol–water partition coefficient (Wildman–Crippen LogP) is 0.747. The summed E-state index contributed by atoms with van der Waals surface area (Å²) in [5, 5.41) is 11.7. The Labute approximate surface area is 109 Å². The Hall–Kier alpha value is -1.95. The lowest BCUT2D eigenvalue weighted by atomic mass is 10.2. The van der Waals surface area contributed by atoms with E-state index in [1.807, 2.05) is 30.3 Å². The average Bonchev–Trinajstić information content (AvgIpc) is 2.58. The third-order valence-corrected chi connectivity index (χ3v) is 3.01. The number of nitrogens with one attached hydrogen (secondary N) is 1. The number of amides is 1. The number of hydrogen-bond donors (Lipinski definition) is 2. The van der Waals surface area contributed by atoms with Gasteiger partial charge in [-0.15, -0.1) is 0 Å². The van der Waals surface area contributed by atoms with Crippen molar-refractivity contribution in [1.82, 2.24) is 10.2 Å². The summed E-state index contributed by atoms with van der Waals surface area (Å²) in [4.78, 5) is 24.0. The summed E-state index contributed by atoms with van der Waals surface area (Å²) in [6.45, 7) is 0.363. The third-order valence-electron chi connectivity index (χ3n) is 2.67. The Morgan fingerprint density at radius 2 is 2.06 bits per heavy atom. The number of hydrogen-bond acceptors (Lipinski definition) is 3. The number of aliphatic carboxylic acids is 1. The lowest BCUT2D eigenvalue weighted by Gasteiger charge is -2.14. The van der Waals surface area contributed by atoms with Gasteiger partial charge in [0.25, 0.3) is 5.91 Å². The van der Waals surface area contributed by atoms with Gasteiger partial charge in [0.1, 0.15) is 6.04 Å². The van der Waals surface area contributed by atoms with Crippen LogP contribution in [0.3, 0.4) is 0 Å². The second-order valence-electron chi connectivity index (χ2n) is 4.01. The number of carbonyl (C=O) groups is 2. The van der Waals surface area contributed by atoms with E-state index in [0.717, 1.165) is 5.56 Å².